The Labute approximate surface area is 157 Å². The Hall–Kier alpha value is -1.34. The summed E-state index contributed by atoms with van der Waals surface area (Å²) in [5, 5.41) is 8.87. The van der Waals surface area contributed by atoms with E-state index in [4.69, 9.17) is 9.84 Å². The molecule has 0 heterocycles. The van der Waals surface area contributed by atoms with Gasteiger partial charge in [0.2, 0.25) is 0 Å². The zero-order chi connectivity index (χ0) is 18.9. The first-order valence-corrected chi connectivity index (χ1v) is 10.5. The van der Waals surface area contributed by atoms with Crippen molar-refractivity contribution in [3.63, 3.8) is 0 Å². The average molecular weight is 386 g/mol. The molecular weight excluding hydrogens is 358 g/mol. The second-order valence-corrected chi connectivity index (χ2v) is 9.93. The van der Waals surface area contributed by atoms with Crippen LogP contribution in [0.5, 0.6) is 0 Å². The van der Waals surface area contributed by atoms with Crippen molar-refractivity contribution in [3.05, 3.63) is 35.4 Å². The molecule has 0 aliphatic rings. The van der Waals surface area contributed by atoms with E-state index in [0.717, 1.165) is 16.9 Å². The summed E-state index contributed by atoms with van der Waals surface area (Å²) in [5.41, 5.74) is 2.06. The van der Waals surface area contributed by atoms with Gasteiger partial charge in [0.05, 0.1) is 6.42 Å². The highest BCUT2D eigenvalue weighted by Crippen LogP contribution is 2.34. The maximum absolute atomic E-state index is 12.3. The van der Waals surface area contributed by atoms with Crippen molar-refractivity contribution in [2.45, 2.75) is 45.5 Å². The molecule has 1 N–H and O–H groups in total. The molecule has 1 aromatic carbocycles. The minimum atomic E-state index is -0.923. The van der Waals surface area contributed by atoms with E-state index < -0.39 is 12.1 Å². The van der Waals surface area contributed by atoms with E-state index in [-0.39, 0.29) is 24.3 Å². The van der Waals surface area contributed by atoms with Crippen molar-refractivity contribution in [2.75, 3.05) is 18.8 Å². The monoisotopic (exact) mass is 385 g/mol. The molecule has 0 aliphatic heterocycles. The fourth-order valence-corrected chi connectivity index (χ4v) is 4.08. The normalized spacial score (nSPS) is 11.2. The second-order valence-electron chi connectivity index (χ2n) is 6.69. The fourth-order valence-electron chi connectivity index (χ4n) is 1.81. The second kappa shape index (κ2) is 10.6. The van der Waals surface area contributed by atoms with Crippen LogP contribution in [0.3, 0.4) is 0 Å². The molecule has 1 amide bonds. The first kappa shape index (κ1) is 21.7. The van der Waals surface area contributed by atoms with Gasteiger partial charge in [-0.1, -0.05) is 72.2 Å². The first-order valence-electron chi connectivity index (χ1n) is 8.17. The molecule has 0 aromatic heterocycles. The molecule has 0 saturated carbocycles. The van der Waals surface area contributed by atoms with Crippen molar-refractivity contribution >= 4 is 33.7 Å². The molecule has 0 bridgehead atoms. The van der Waals surface area contributed by atoms with Crippen molar-refractivity contribution < 1.29 is 19.4 Å². The minimum absolute atomic E-state index is 0.0866. The van der Waals surface area contributed by atoms with Crippen molar-refractivity contribution in [1.29, 1.82) is 0 Å². The van der Waals surface area contributed by atoms with Crippen LogP contribution in [0.15, 0.2) is 24.3 Å². The number of carbonyl (C=O) groups is 2. The van der Waals surface area contributed by atoms with Gasteiger partial charge in [-0.3, -0.25) is 4.79 Å². The number of carboxylic acid groups (broad SMARTS) is 1. The van der Waals surface area contributed by atoms with Crippen LogP contribution in [0.1, 0.15) is 38.3 Å². The first-order chi connectivity index (χ1) is 11.7. The summed E-state index contributed by atoms with van der Waals surface area (Å²) >= 11 is 0. The topological polar surface area (TPSA) is 66.8 Å². The van der Waals surface area contributed by atoms with Crippen LogP contribution in [0.25, 0.3) is 0 Å². The number of aliphatic carboxylic acids is 1. The van der Waals surface area contributed by atoms with Crippen LogP contribution in [-0.2, 0) is 16.1 Å². The maximum atomic E-state index is 12.3. The van der Waals surface area contributed by atoms with Crippen molar-refractivity contribution in [2.24, 2.45) is 0 Å². The Morgan fingerprint density at radius 1 is 1.16 bits per heavy atom. The number of nitrogens with zero attached hydrogens (tertiary/aromatic N) is 1. The van der Waals surface area contributed by atoms with E-state index in [9.17, 15) is 9.59 Å². The summed E-state index contributed by atoms with van der Waals surface area (Å²) < 4.78 is 5.48. The van der Waals surface area contributed by atoms with Gasteiger partial charge in [-0.2, -0.15) is 0 Å². The van der Waals surface area contributed by atoms with Crippen LogP contribution in [0.4, 0.5) is 4.79 Å². The summed E-state index contributed by atoms with van der Waals surface area (Å²) in [6, 6.07) is 7.76. The van der Waals surface area contributed by atoms with Crippen LogP contribution >= 0.6 is 21.6 Å². The van der Waals surface area contributed by atoms with Gasteiger partial charge in [-0.15, -0.1) is 0 Å². The zero-order valence-corrected chi connectivity index (χ0v) is 16.9. The van der Waals surface area contributed by atoms with Gasteiger partial charge < -0.3 is 14.7 Å². The molecule has 0 aliphatic carbocycles. The van der Waals surface area contributed by atoms with Gasteiger partial charge in [0.25, 0.3) is 0 Å². The predicted octanol–water partition coefficient (Wildman–Crippen LogP) is 4.59. The molecule has 25 heavy (non-hydrogen) atoms. The highest BCUT2D eigenvalue weighted by Gasteiger charge is 2.17. The SMILES string of the molecule is Cc1ccc(COC(=O)N(CCSSC(C)(C)C)CCC(=O)O)cc1. The number of amides is 1. The van der Waals surface area contributed by atoms with E-state index >= 15 is 0 Å². The van der Waals surface area contributed by atoms with Gasteiger partial charge in [-0.25, -0.2) is 4.79 Å². The third-order valence-corrected chi connectivity index (χ3v) is 6.41. The Kier molecular flexibility index (Phi) is 9.21. The van der Waals surface area contributed by atoms with E-state index in [1.54, 1.807) is 21.6 Å². The summed E-state index contributed by atoms with van der Waals surface area (Å²) in [6.07, 6.45) is -0.556. The Balaban J connectivity index is 2.50. The predicted molar refractivity (Wildman–Crippen MR) is 105 cm³/mol. The lowest BCUT2D eigenvalue weighted by molar-refractivity contribution is -0.137. The lowest BCUT2D eigenvalue weighted by Gasteiger charge is -2.22. The summed E-state index contributed by atoms with van der Waals surface area (Å²) in [4.78, 5) is 24.6. The van der Waals surface area contributed by atoms with E-state index in [2.05, 4.69) is 20.8 Å². The quantitative estimate of drug-likeness (QED) is 0.495. The largest absolute Gasteiger partial charge is 0.481 e. The maximum Gasteiger partial charge on any atom is 0.410 e. The minimum Gasteiger partial charge on any atom is -0.481 e. The number of ether oxygens (including phenoxy) is 1. The number of benzene rings is 1. The van der Waals surface area contributed by atoms with Crippen LogP contribution in [0, 0.1) is 6.92 Å². The van der Waals surface area contributed by atoms with Gasteiger partial charge in [0, 0.05) is 23.6 Å². The number of rotatable bonds is 9. The standard InChI is InChI=1S/C18H27NO4S2/c1-14-5-7-15(8-6-14)13-23-17(22)19(10-9-16(20)21)11-12-24-25-18(2,3)4/h5-8H,9-13H2,1-4H3,(H,20,21). The van der Waals surface area contributed by atoms with Gasteiger partial charge in [-0.05, 0) is 12.5 Å². The van der Waals surface area contributed by atoms with E-state index in [1.807, 2.05) is 31.2 Å². The number of carboxylic acids is 1. The lowest BCUT2D eigenvalue weighted by Crippen LogP contribution is -2.35. The Bertz CT molecular complexity index is 555. The molecule has 0 spiro atoms. The number of aryl methyl sites for hydroxylation is 1. The smallest absolute Gasteiger partial charge is 0.410 e. The molecule has 0 fully saturated rings. The number of hydrogen-bond donors (Lipinski definition) is 1. The summed E-state index contributed by atoms with van der Waals surface area (Å²) in [5.74, 6) is -0.200. The van der Waals surface area contributed by atoms with Crippen LogP contribution in [0.2, 0.25) is 0 Å². The van der Waals surface area contributed by atoms with Crippen LogP contribution < -0.4 is 0 Å². The Morgan fingerprint density at radius 2 is 1.80 bits per heavy atom. The third kappa shape index (κ3) is 10.3. The van der Waals surface area contributed by atoms with Crippen molar-refractivity contribution in [3.8, 4) is 0 Å². The Morgan fingerprint density at radius 3 is 2.36 bits per heavy atom. The van der Waals surface area contributed by atoms with E-state index in [1.165, 1.54) is 4.90 Å². The lowest BCUT2D eigenvalue weighted by atomic mass is 10.2. The van der Waals surface area contributed by atoms with Crippen LogP contribution in [-0.4, -0.2) is 45.7 Å². The molecule has 0 unspecified atom stereocenters. The molecule has 140 valence electrons. The van der Waals surface area contributed by atoms with Gasteiger partial charge >= 0.3 is 12.1 Å². The molecule has 0 atom stereocenters. The zero-order valence-electron chi connectivity index (χ0n) is 15.3. The molecule has 1 aromatic rings. The fraction of sp³-hybridized carbons (Fsp3) is 0.556. The number of carbonyl (C=O) groups excluding carboxylic acids is 1. The average Bonchev–Trinajstić information content (AvgIpc) is 2.52. The third-order valence-electron chi connectivity index (χ3n) is 3.09. The molecular formula is C18H27NO4S2. The number of hydrogen-bond acceptors (Lipinski definition) is 5. The molecule has 5 nitrogen and oxygen atoms in total. The molecule has 7 heteroatoms. The summed E-state index contributed by atoms with van der Waals surface area (Å²) in [6.45, 7) is 9.19. The summed E-state index contributed by atoms with van der Waals surface area (Å²) in [7, 11) is 3.42. The molecule has 0 saturated heterocycles. The highest BCUT2D eigenvalue weighted by molar-refractivity contribution is 8.77. The highest BCUT2D eigenvalue weighted by atomic mass is 33.1. The molecule has 1 rings (SSSR count). The van der Waals surface area contributed by atoms with Gasteiger partial charge in [0.1, 0.15) is 6.61 Å². The molecule has 0 radical (unpaired) electrons. The van der Waals surface area contributed by atoms with Crippen molar-refractivity contribution in [1.82, 2.24) is 4.90 Å². The van der Waals surface area contributed by atoms with E-state index in [0.29, 0.717) is 6.54 Å². The van der Waals surface area contributed by atoms with Gasteiger partial charge in [0.15, 0.2) is 0 Å².